The molecule has 1 aromatic heterocycles. The van der Waals surface area contributed by atoms with E-state index in [1.165, 1.54) is 4.88 Å². The summed E-state index contributed by atoms with van der Waals surface area (Å²) in [5.41, 5.74) is 0. The van der Waals surface area contributed by atoms with E-state index in [9.17, 15) is 0 Å². The van der Waals surface area contributed by atoms with E-state index < -0.39 is 0 Å². The Morgan fingerprint density at radius 1 is 1.23 bits per heavy atom. The summed E-state index contributed by atoms with van der Waals surface area (Å²) in [6.07, 6.45) is 1.04. The Hall–Kier alpha value is -2.01. The number of ether oxygens (including phenoxy) is 1. The number of rotatable bonds is 7. The first kappa shape index (κ1) is 16.4. The maximum Gasteiger partial charge on any atom is 0.193 e. The van der Waals surface area contributed by atoms with Crippen LogP contribution < -0.4 is 10.1 Å². The molecule has 2 aromatic rings. The van der Waals surface area contributed by atoms with Gasteiger partial charge >= 0.3 is 0 Å². The fraction of sp³-hybridized carbons (Fsp3) is 0.353. The van der Waals surface area contributed by atoms with Crippen molar-refractivity contribution in [1.82, 2.24) is 10.2 Å². The predicted molar refractivity (Wildman–Crippen MR) is 94.0 cm³/mol. The van der Waals surface area contributed by atoms with Crippen molar-refractivity contribution in [1.29, 1.82) is 0 Å². The van der Waals surface area contributed by atoms with Gasteiger partial charge in [0.25, 0.3) is 0 Å². The van der Waals surface area contributed by atoms with E-state index in [0.717, 1.165) is 31.2 Å². The monoisotopic (exact) mass is 317 g/mol. The molecule has 22 heavy (non-hydrogen) atoms. The van der Waals surface area contributed by atoms with Crippen molar-refractivity contribution < 1.29 is 4.74 Å². The summed E-state index contributed by atoms with van der Waals surface area (Å²) >= 11 is 1.80. The van der Waals surface area contributed by atoms with E-state index in [1.54, 1.807) is 11.3 Å². The van der Waals surface area contributed by atoms with Crippen molar-refractivity contribution in [3.05, 3.63) is 52.7 Å². The number of para-hydroxylation sites is 1. The van der Waals surface area contributed by atoms with Gasteiger partial charge in [0, 0.05) is 25.5 Å². The quantitative estimate of drug-likeness (QED) is 0.485. The summed E-state index contributed by atoms with van der Waals surface area (Å²) < 4.78 is 5.67. The number of hydrogen-bond donors (Lipinski definition) is 1. The second-order valence-electron chi connectivity index (χ2n) is 4.89. The fourth-order valence-corrected chi connectivity index (χ4v) is 2.77. The van der Waals surface area contributed by atoms with Gasteiger partial charge in [-0.05, 0) is 30.0 Å². The topological polar surface area (TPSA) is 36.9 Å². The minimum atomic E-state index is 0.613. The summed E-state index contributed by atoms with van der Waals surface area (Å²) in [6, 6.07) is 14.1. The number of benzene rings is 1. The summed E-state index contributed by atoms with van der Waals surface area (Å²) in [7, 11) is 3.86. The molecule has 0 atom stereocenters. The van der Waals surface area contributed by atoms with E-state index in [0.29, 0.717) is 6.61 Å². The summed E-state index contributed by atoms with van der Waals surface area (Å²) in [5, 5.41) is 5.44. The molecule has 0 saturated carbocycles. The Morgan fingerprint density at radius 3 is 2.73 bits per heavy atom. The third-order valence-corrected chi connectivity index (χ3v) is 4.18. The second-order valence-corrected chi connectivity index (χ2v) is 5.92. The highest BCUT2D eigenvalue weighted by Gasteiger charge is 2.05. The minimum Gasteiger partial charge on any atom is -0.492 e. The number of thiophene rings is 1. The number of guanidine groups is 1. The lowest BCUT2D eigenvalue weighted by atomic mass is 10.3. The molecular formula is C17H23N3OS. The van der Waals surface area contributed by atoms with Gasteiger partial charge in [0.05, 0.1) is 6.54 Å². The number of hydrogen-bond acceptors (Lipinski definition) is 3. The van der Waals surface area contributed by atoms with Gasteiger partial charge in [-0.3, -0.25) is 4.99 Å². The Bertz CT molecular complexity index is 555. The Morgan fingerprint density at radius 2 is 2.05 bits per heavy atom. The van der Waals surface area contributed by atoms with Crippen LogP contribution in [0.25, 0.3) is 0 Å². The molecule has 0 spiro atoms. The van der Waals surface area contributed by atoms with Crippen molar-refractivity contribution in [2.45, 2.75) is 6.42 Å². The molecule has 1 aromatic carbocycles. The standard InChI is InChI=1S/C17H23N3OS/c1-18-17(20(2)12-10-16-9-6-14-22-16)19-11-13-21-15-7-4-3-5-8-15/h3-9,14H,10-13H2,1-2H3,(H,18,19). The van der Waals surface area contributed by atoms with Gasteiger partial charge in [0.1, 0.15) is 12.4 Å². The lowest BCUT2D eigenvalue weighted by molar-refractivity contribution is 0.319. The molecule has 118 valence electrons. The molecule has 0 radical (unpaired) electrons. The van der Waals surface area contributed by atoms with Crippen LogP contribution in [0.2, 0.25) is 0 Å². The third-order valence-electron chi connectivity index (χ3n) is 3.24. The molecule has 0 bridgehead atoms. The molecule has 0 unspecified atom stereocenters. The summed E-state index contributed by atoms with van der Waals surface area (Å²) in [4.78, 5) is 7.85. The van der Waals surface area contributed by atoms with E-state index >= 15 is 0 Å². The van der Waals surface area contributed by atoms with Crippen LogP contribution in [0.1, 0.15) is 4.88 Å². The number of likely N-dealkylation sites (N-methyl/N-ethyl adjacent to an activating group) is 1. The van der Waals surface area contributed by atoms with Crippen molar-refractivity contribution in [2.24, 2.45) is 4.99 Å². The first-order valence-corrected chi connectivity index (χ1v) is 8.29. The maximum atomic E-state index is 5.67. The minimum absolute atomic E-state index is 0.613. The first-order valence-electron chi connectivity index (χ1n) is 7.41. The molecule has 0 aliphatic rings. The smallest absolute Gasteiger partial charge is 0.193 e. The van der Waals surface area contributed by atoms with Gasteiger partial charge < -0.3 is 15.0 Å². The van der Waals surface area contributed by atoms with Gasteiger partial charge in [-0.2, -0.15) is 0 Å². The molecule has 0 aliphatic carbocycles. The van der Waals surface area contributed by atoms with Crippen molar-refractivity contribution in [3.8, 4) is 5.75 Å². The molecule has 0 aliphatic heterocycles. The SMILES string of the molecule is CN=C(NCCOc1ccccc1)N(C)CCc1cccs1. The highest BCUT2D eigenvalue weighted by molar-refractivity contribution is 7.09. The Balaban J connectivity index is 1.68. The molecule has 4 nitrogen and oxygen atoms in total. The van der Waals surface area contributed by atoms with Gasteiger partial charge in [0.15, 0.2) is 5.96 Å². The molecule has 0 fully saturated rings. The average molecular weight is 317 g/mol. The molecule has 0 saturated heterocycles. The average Bonchev–Trinajstić information content (AvgIpc) is 3.07. The van der Waals surface area contributed by atoms with E-state index in [2.05, 4.69) is 39.8 Å². The lowest BCUT2D eigenvalue weighted by Crippen LogP contribution is -2.41. The molecule has 1 heterocycles. The second kappa shape index (κ2) is 9.10. The maximum absolute atomic E-state index is 5.67. The van der Waals surface area contributed by atoms with E-state index in [-0.39, 0.29) is 0 Å². The number of nitrogens with zero attached hydrogens (tertiary/aromatic N) is 2. The van der Waals surface area contributed by atoms with Gasteiger partial charge in [-0.15, -0.1) is 11.3 Å². The van der Waals surface area contributed by atoms with Crippen molar-refractivity contribution >= 4 is 17.3 Å². The van der Waals surface area contributed by atoms with E-state index in [4.69, 9.17) is 4.74 Å². The summed E-state index contributed by atoms with van der Waals surface area (Å²) in [5.74, 6) is 1.79. The van der Waals surface area contributed by atoms with Crippen LogP contribution in [0.15, 0.2) is 52.8 Å². The molecule has 1 N–H and O–H groups in total. The molecule has 2 rings (SSSR count). The van der Waals surface area contributed by atoms with E-state index in [1.807, 2.05) is 37.4 Å². The van der Waals surface area contributed by atoms with Crippen molar-refractivity contribution in [2.75, 3.05) is 33.8 Å². The largest absolute Gasteiger partial charge is 0.492 e. The Labute approximate surface area is 136 Å². The van der Waals surface area contributed by atoms with Crippen LogP contribution in [0, 0.1) is 0 Å². The highest BCUT2D eigenvalue weighted by atomic mass is 32.1. The predicted octanol–water partition coefficient (Wildman–Crippen LogP) is 2.88. The zero-order valence-corrected chi connectivity index (χ0v) is 14.0. The van der Waals surface area contributed by atoms with Crippen LogP contribution in [0.3, 0.4) is 0 Å². The third kappa shape index (κ3) is 5.41. The van der Waals surface area contributed by atoms with Crippen LogP contribution >= 0.6 is 11.3 Å². The van der Waals surface area contributed by atoms with Gasteiger partial charge in [-0.1, -0.05) is 24.3 Å². The van der Waals surface area contributed by atoms with Crippen LogP contribution in [-0.4, -0.2) is 44.7 Å². The Kier molecular flexibility index (Phi) is 6.77. The number of aliphatic imine (C=N–C) groups is 1. The zero-order valence-electron chi connectivity index (χ0n) is 13.2. The lowest BCUT2D eigenvalue weighted by Gasteiger charge is -2.21. The molecule has 0 amide bonds. The molecule has 5 heteroatoms. The van der Waals surface area contributed by atoms with Crippen LogP contribution in [0.5, 0.6) is 5.75 Å². The summed E-state index contributed by atoms with van der Waals surface area (Å²) in [6.45, 7) is 2.28. The van der Waals surface area contributed by atoms with Crippen LogP contribution in [-0.2, 0) is 6.42 Å². The van der Waals surface area contributed by atoms with Gasteiger partial charge in [0.2, 0.25) is 0 Å². The zero-order chi connectivity index (χ0) is 15.6. The van der Waals surface area contributed by atoms with Crippen LogP contribution in [0.4, 0.5) is 0 Å². The fourth-order valence-electron chi connectivity index (χ4n) is 2.07. The molecular weight excluding hydrogens is 294 g/mol. The normalized spacial score (nSPS) is 11.3. The number of nitrogens with one attached hydrogen (secondary N) is 1. The highest BCUT2D eigenvalue weighted by Crippen LogP contribution is 2.09. The van der Waals surface area contributed by atoms with Crippen molar-refractivity contribution in [3.63, 3.8) is 0 Å². The van der Waals surface area contributed by atoms with Gasteiger partial charge in [-0.25, -0.2) is 0 Å². The first-order chi connectivity index (χ1) is 10.8.